The van der Waals surface area contributed by atoms with Gasteiger partial charge in [-0.15, -0.1) is 0 Å². The Kier molecular flexibility index (Phi) is 4.56. The predicted octanol–water partition coefficient (Wildman–Crippen LogP) is 1.21. The Morgan fingerprint density at radius 3 is 3.17 bits per heavy atom. The summed E-state index contributed by atoms with van der Waals surface area (Å²) in [4.78, 5) is 17.8. The second-order valence-electron chi connectivity index (χ2n) is 6.77. The number of nitrogens with one attached hydrogen (secondary N) is 2. The quantitative estimate of drug-likeness (QED) is 0.771. The van der Waals surface area contributed by atoms with Gasteiger partial charge in [0.15, 0.2) is 5.75 Å². The van der Waals surface area contributed by atoms with Crippen LogP contribution in [0.4, 0.5) is 4.79 Å². The Hall–Kier alpha value is -2.02. The van der Waals surface area contributed by atoms with Crippen molar-refractivity contribution < 1.29 is 14.3 Å². The summed E-state index contributed by atoms with van der Waals surface area (Å²) >= 11 is 0. The van der Waals surface area contributed by atoms with Crippen LogP contribution in [0, 0.1) is 5.41 Å². The van der Waals surface area contributed by atoms with E-state index in [4.69, 9.17) is 9.47 Å². The van der Waals surface area contributed by atoms with Crippen LogP contribution in [-0.4, -0.2) is 54.9 Å². The molecular weight excluding hydrogens is 296 g/mol. The van der Waals surface area contributed by atoms with E-state index in [1.165, 1.54) is 0 Å². The Morgan fingerprint density at radius 1 is 1.48 bits per heavy atom. The Bertz CT molecular complexity index is 539. The third-order valence-electron chi connectivity index (χ3n) is 3.95. The van der Waals surface area contributed by atoms with Crippen molar-refractivity contribution in [2.24, 2.45) is 5.41 Å². The molecule has 1 unspecified atom stereocenters. The van der Waals surface area contributed by atoms with Crippen LogP contribution in [0.3, 0.4) is 0 Å². The molecule has 1 atom stereocenters. The lowest BCUT2D eigenvalue weighted by molar-refractivity contribution is 0.0476. The summed E-state index contributed by atoms with van der Waals surface area (Å²) < 4.78 is 11.2. The summed E-state index contributed by atoms with van der Waals surface area (Å²) in [6.45, 7) is 8.01. The third kappa shape index (κ3) is 4.04. The monoisotopic (exact) mass is 320 g/mol. The molecule has 0 saturated carbocycles. The van der Waals surface area contributed by atoms with E-state index in [9.17, 15) is 4.79 Å². The molecule has 2 aliphatic heterocycles. The van der Waals surface area contributed by atoms with Gasteiger partial charge in [-0.25, -0.2) is 9.78 Å². The summed E-state index contributed by atoms with van der Waals surface area (Å²) in [7, 11) is 0. The molecule has 2 aliphatic rings. The first-order chi connectivity index (χ1) is 11.0. The molecule has 2 amide bonds. The van der Waals surface area contributed by atoms with Crippen LogP contribution < -0.4 is 20.1 Å². The molecule has 0 radical (unpaired) electrons. The predicted molar refractivity (Wildman–Crippen MR) is 85.5 cm³/mol. The molecule has 0 bridgehead atoms. The van der Waals surface area contributed by atoms with Crippen molar-refractivity contribution in [3.63, 3.8) is 0 Å². The second-order valence-corrected chi connectivity index (χ2v) is 6.77. The number of pyridine rings is 1. The molecule has 0 spiro atoms. The Morgan fingerprint density at radius 2 is 2.35 bits per heavy atom. The fraction of sp³-hybridized carbons (Fsp3) is 0.625. The summed E-state index contributed by atoms with van der Waals surface area (Å²) in [5, 5.41) is 6.24. The van der Waals surface area contributed by atoms with Crippen molar-refractivity contribution in [1.82, 2.24) is 20.5 Å². The Labute approximate surface area is 136 Å². The fourth-order valence-electron chi connectivity index (χ4n) is 2.79. The van der Waals surface area contributed by atoms with Crippen LogP contribution in [0.25, 0.3) is 0 Å². The average molecular weight is 320 g/mol. The molecule has 0 aliphatic carbocycles. The second kappa shape index (κ2) is 6.62. The zero-order valence-corrected chi connectivity index (χ0v) is 13.7. The van der Waals surface area contributed by atoms with Gasteiger partial charge in [0, 0.05) is 25.8 Å². The molecule has 7 heteroatoms. The van der Waals surface area contributed by atoms with Gasteiger partial charge in [0.05, 0.1) is 6.54 Å². The molecule has 2 N–H and O–H groups in total. The summed E-state index contributed by atoms with van der Waals surface area (Å²) in [6, 6.07) is 3.70. The van der Waals surface area contributed by atoms with E-state index in [0.29, 0.717) is 18.2 Å². The van der Waals surface area contributed by atoms with Crippen LogP contribution in [0.1, 0.15) is 20.3 Å². The normalized spacial score (nSPS) is 22.1. The molecule has 23 heavy (non-hydrogen) atoms. The van der Waals surface area contributed by atoms with Gasteiger partial charge < -0.3 is 25.0 Å². The number of nitrogens with zero attached hydrogens (tertiary/aromatic N) is 2. The van der Waals surface area contributed by atoms with E-state index in [2.05, 4.69) is 29.5 Å². The highest BCUT2D eigenvalue weighted by molar-refractivity contribution is 5.75. The number of hydrogen-bond acceptors (Lipinski definition) is 5. The summed E-state index contributed by atoms with van der Waals surface area (Å²) in [5.41, 5.74) is 0.131. The highest BCUT2D eigenvalue weighted by Gasteiger charge is 2.30. The van der Waals surface area contributed by atoms with E-state index >= 15 is 0 Å². The standard InChI is InChI=1S/C16H24N4O3/c1-16(2)10-19-15(21)20(11-16)8-4-6-17-9-13-22-12-5-3-7-18-14(12)23-13/h3,5,7,13,17H,4,6,8-11H2,1-2H3,(H,19,21). The molecule has 3 rings (SSSR count). The number of fused-ring (bicyclic) bond motifs is 1. The number of hydrogen-bond donors (Lipinski definition) is 2. The summed E-state index contributed by atoms with van der Waals surface area (Å²) in [5.74, 6) is 1.23. The number of ether oxygens (including phenoxy) is 2. The molecule has 126 valence electrons. The van der Waals surface area contributed by atoms with Gasteiger partial charge in [-0.2, -0.15) is 0 Å². The maximum atomic E-state index is 11.8. The first-order valence-corrected chi connectivity index (χ1v) is 8.05. The molecule has 0 aromatic carbocycles. The van der Waals surface area contributed by atoms with E-state index in [-0.39, 0.29) is 17.7 Å². The zero-order valence-electron chi connectivity index (χ0n) is 13.7. The van der Waals surface area contributed by atoms with Gasteiger partial charge in [0.2, 0.25) is 0 Å². The fourth-order valence-corrected chi connectivity index (χ4v) is 2.79. The van der Waals surface area contributed by atoms with Crippen molar-refractivity contribution in [1.29, 1.82) is 0 Å². The number of carbonyl (C=O) groups is 1. The zero-order chi connectivity index (χ0) is 16.3. The van der Waals surface area contributed by atoms with Gasteiger partial charge in [-0.05, 0) is 30.5 Å². The maximum absolute atomic E-state index is 11.8. The van der Waals surface area contributed by atoms with E-state index in [1.807, 2.05) is 17.0 Å². The van der Waals surface area contributed by atoms with Crippen molar-refractivity contribution in [3.8, 4) is 11.6 Å². The van der Waals surface area contributed by atoms with Gasteiger partial charge in [0.1, 0.15) is 0 Å². The molecule has 1 fully saturated rings. The Balaban J connectivity index is 1.33. The minimum Gasteiger partial charge on any atom is -0.448 e. The number of amides is 2. The molecule has 1 aromatic rings. The van der Waals surface area contributed by atoms with Gasteiger partial charge in [-0.1, -0.05) is 13.8 Å². The van der Waals surface area contributed by atoms with Crippen LogP contribution in [0.5, 0.6) is 11.6 Å². The molecule has 3 heterocycles. The molecule has 7 nitrogen and oxygen atoms in total. The van der Waals surface area contributed by atoms with E-state index < -0.39 is 0 Å². The SMILES string of the molecule is CC1(C)CNC(=O)N(CCCNCC2Oc3cccnc3O2)C1. The number of urea groups is 1. The van der Waals surface area contributed by atoms with E-state index in [1.54, 1.807) is 6.20 Å². The number of aromatic nitrogens is 1. The minimum atomic E-state index is -0.336. The topological polar surface area (TPSA) is 75.7 Å². The lowest BCUT2D eigenvalue weighted by Gasteiger charge is -2.38. The van der Waals surface area contributed by atoms with Crippen LogP contribution in [0.15, 0.2) is 18.3 Å². The van der Waals surface area contributed by atoms with Gasteiger partial charge in [0.25, 0.3) is 12.2 Å². The highest BCUT2D eigenvalue weighted by atomic mass is 16.7. The highest BCUT2D eigenvalue weighted by Crippen LogP contribution is 2.31. The lowest BCUT2D eigenvalue weighted by Crippen LogP contribution is -2.55. The first kappa shape index (κ1) is 15.9. The van der Waals surface area contributed by atoms with Crippen molar-refractivity contribution in [2.75, 3.05) is 32.7 Å². The number of carbonyl (C=O) groups excluding carboxylic acids is 1. The minimum absolute atomic E-state index is 0.0355. The molecular formula is C16H24N4O3. The first-order valence-electron chi connectivity index (χ1n) is 8.05. The van der Waals surface area contributed by atoms with Crippen molar-refractivity contribution in [3.05, 3.63) is 18.3 Å². The third-order valence-corrected chi connectivity index (χ3v) is 3.95. The molecule has 1 aromatic heterocycles. The number of rotatable bonds is 6. The molecule has 1 saturated heterocycles. The summed E-state index contributed by atoms with van der Waals surface area (Å²) in [6.07, 6.45) is 2.24. The van der Waals surface area contributed by atoms with Crippen molar-refractivity contribution in [2.45, 2.75) is 26.6 Å². The average Bonchev–Trinajstić information content (AvgIpc) is 2.93. The van der Waals surface area contributed by atoms with Gasteiger partial charge in [-0.3, -0.25) is 0 Å². The smallest absolute Gasteiger partial charge is 0.317 e. The lowest BCUT2D eigenvalue weighted by atomic mass is 9.91. The van der Waals surface area contributed by atoms with Crippen LogP contribution >= 0.6 is 0 Å². The van der Waals surface area contributed by atoms with E-state index in [0.717, 1.165) is 32.6 Å². The largest absolute Gasteiger partial charge is 0.448 e. The van der Waals surface area contributed by atoms with Crippen LogP contribution in [0.2, 0.25) is 0 Å². The van der Waals surface area contributed by atoms with Gasteiger partial charge >= 0.3 is 6.03 Å². The maximum Gasteiger partial charge on any atom is 0.317 e. The van der Waals surface area contributed by atoms with Crippen molar-refractivity contribution >= 4 is 6.03 Å². The van der Waals surface area contributed by atoms with Crippen LogP contribution in [-0.2, 0) is 0 Å².